The van der Waals surface area contributed by atoms with Gasteiger partial charge in [-0.25, -0.2) is 9.78 Å². The Hall–Kier alpha value is -3.76. The largest absolute Gasteiger partial charge is 0.508 e. The molecule has 1 atom stereocenters. The summed E-state index contributed by atoms with van der Waals surface area (Å²) in [6.45, 7) is 0.217. The van der Waals surface area contributed by atoms with E-state index in [2.05, 4.69) is 0 Å². The quantitative estimate of drug-likeness (QED) is 0.432. The summed E-state index contributed by atoms with van der Waals surface area (Å²) in [6.07, 6.45) is -1.35. The number of hydrogen-bond donors (Lipinski definition) is 2. The second kappa shape index (κ2) is 7.68. The third-order valence-corrected chi connectivity index (χ3v) is 5.92. The smallest absolute Gasteiger partial charge is 0.352 e. The minimum atomic E-state index is -1.35. The van der Waals surface area contributed by atoms with E-state index in [1.54, 1.807) is 22.8 Å². The molecule has 1 aromatic carbocycles. The number of carbonyl (C=O) groups is 2. The van der Waals surface area contributed by atoms with Gasteiger partial charge in [-0.2, -0.15) is 0 Å². The van der Waals surface area contributed by atoms with Crippen LogP contribution in [0.15, 0.2) is 29.1 Å². The van der Waals surface area contributed by atoms with Gasteiger partial charge in [-0.05, 0) is 38.4 Å². The summed E-state index contributed by atoms with van der Waals surface area (Å²) in [5, 5.41) is 11.2. The Balaban J connectivity index is 1.68. The van der Waals surface area contributed by atoms with Gasteiger partial charge in [0.15, 0.2) is 0 Å². The molecule has 2 aliphatic heterocycles. The Kier molecular flexibility index (Phi) is 4.91. The van der Waals surface area contributed by atoms with E-state index in [-0.39, 0.29) is 35.6 Å². The fourth-order valence-electron chi connectivity index (χ4n) is 4.41. The molecule has 33 heavy (non-hydrogen) atoms. The maximum Gasteiger partial charge on any atom is 0.352 e. The lowest BCUT2D eigenvalue weighted by Gasteiger charge is -2.24. The number of carbonyl (C=O) groups excluding carboxylic acids is 2. The molecule has 10 nitrogen and oxygen atoms in total. The van der Waals surface area contributed by atoms with Crippen LogP contribution < -0.4 is 11.3 Å². The molecule has 2 aromatic heterocycles. The SMILES string of the molecule is CN(C)Cc1c(O)ccc2nc3c(cc12)Cn1c-3cc2c(c1=O)COC(=O)C2OC(=O)CN. The molecule has 10 heteroatoms. The number of nitrogens with zero attached hydrogens (tertiary/aromatic N) is 3. The molecule has 0 amide bonds. The van der Waals surface area contributed by atoms with Crippen LogP contribution in [0.4, 0.5) is 0 Å². The summed E-state index contributed by atoms with van der Waals surface area (Å²) in [5.74, 6) is -1.34. The van der Waals surface area contributed by atoms with Gasteiger partial charge in [0, 0.05) is 28.6 Å². The highest BCUT2D eigenvalue weighted by Crippen LogP contribution is 2.38. The molecule has 0 bridgehead atoms. The number of aromatic hydroxyl groups is 1. The van der Waals surface area contributed by atoms with Crippen LogP contribution in [-0.2, 0) is 38.8 Å². The molecule has 0 radical (unpaired) electrons. The second-order valence-electron chi connectivity index (χ2n) is 8.40. The molecular formula is C23H22N4O6. The molecule has 5 rings (SSSR count). The van der Waals surface area contributed by atoms with Crippen LogP contribution in [0.3, 0.4) is 0 Å². The lowest BCUT2D eigenvalue weighted by Crippen LogP contribution is -2.35. The Bertz CT molecular complexity index is 1390. The summed E-state index contributed by atoms with van der Waals surface area (Å²) in [5.41, 5.74) is 8.91. The number of ether oxygens (including phenoxy) is 2. The first kappa shape index (κ1) is 21.1. The van der Waals surface area contributed by atoms with Crippen LogP contribution in [0.5, 0.6) is 5.75 Å². The van der Waals surface area contributed by atoms with Gasteiger partial charge in [-0.15, -0.1) is 0 Å². The van der Waals surface area contributed by atoms with Gasteiger partial charge in [-0.1, -0.05) is 0 Å². The van der Waals surface area contributed by atoms with Gasteiger partial charge >= 0.3 is 11.9 Å². The van der Waals surface area contributed by atoms with Crippen molar-refractivity contribution in [3.63, 3.8) is 0 Å². The number of hydrogen-bond acceptors (Lipinski definition) is 9. The van der Waals surface area contributed by atoms with Gasteiger partial charge in [0.25, 0.3) is 5.56 Å². The number of cyclic esters (lactones) is 1. The number of pyridine rings is 2. The van der Waals surface area contributed by atoms with Gasteiger partial charge in [-0.3, -0.25) is 9.59 Å². The first-order valence-electron chi connectivity index (χ1n) is 10.4. The van der Waals surface area contributed by atoms with Crippen molar-refractivity contribution in [2.45, 2.75) is 25.8 Å². The summed E-state index contributed by atoms with van der Waals surface area (Å²) in [6, 6.07) is 6.94. The lowest BCUT2D eigenvalue weighted by atomic mass is 9.99. The van der Waals surface area contributed by atoms with Crippen LogP contribution in [0, 0.1) is 0 Å². The number of nitrogens with two attached hydrogens (primary N) is 1. The average Bonchev–Trinajstić information content (AvgIpc) is 3.14. The number of esters is 2. The van der Waals surface area contributed by atoms with Gasteiger partial charge < -0.3 is 29.8 Å². The molecule has 0 spiro atoms. The van der Waals surface area contributed by atoms with Crippen molar-refractivity contribution < 1.29 is 24.2 Å². The van der Waals surface area contributed by atoms with Crippen molar-refractivity contribution in [2.24, 2.45) is 5.73 Å². The maximum absolute atomic E-state index is 13.3. The normalized spacial score (nSPS) is 16.4. The monoisotopic (exact) mass is 450 g/mol. The lowest BCUT2D eigenvalue weighted by molar-refractivity contribution is -0.170. The number of rotatable bonds is 4. The van der Waals surface area contributed by atoms with E-state index in [4.69, 9.17) is 20.2 Å². The molecule has 0 saturated heterocycles. The fraction of sp³-hybridized carbons (Fsp3) is 0.304. The zero-order chi connectivity index (χ0) is 23.4. The molecule has 3 N–H and O–H groups in total. The van der Waals surface area contributed by atoms with E-state index in [9.17, 15) is 19.5 Å². The number of benzene rings is 1. The van der Waals surface area contributed by atoms with Crippen LogP contribution >= 0.6 is 0 Å². The molecular weight excluding hydrogens is 428 g/mol. The summed E-state index contributed by atoms with van der Waals surface area (Å²) >= 11 is 0. The third kappa shape index (κ3) is 3.35. The highest BCUT2D eigenvalue weighted by molar-refractivity contribution is 5.89. The summed E-state index contributed by atoms with van der Waals surface area (Å²) in [7, 11) is 3.83. The Morgan fingerprint density at radius 3 is 2.85 bits per heavy atom. The van der Waals surface area contributed by atoms with Crippen molar-refractivity contribution in [3.05, 3.63) is 56.9 Å². The molecule has 2 aliphatic rings. The van der Waals surface area contributed by atoms with E-state index in [0.717, 1.165) is 16.5 Å². The zero-order valence-electron chi connectivity index (χ0n) is 18.1. The van der Waals surface area contributed by atoms with E-state index in [1.165, 1.54) is 0 Å². The molecule has 0 aliphatic carbocycles. The van der Waals surface area contributed by atoms with E-state index < -0.39 is 24.6 Å². The van der Waals surface area contributed by atoms with Gasteiger partial charge in [0.1, 0.15) is 12.4 Å². The van der Waals surface area contributed by atoms with Crippen molar-refractivity contribution in [3.8, 4) is 17.1 Å². The first-order valence-corrected chi connectivity index (χ1v) is 10.4. The van der Waals surface area contributed by atoms with Crippen molar-refractivity contribution >= 4 is 22.8 Å². The topological polar surface area (TPSA) is 137 Å². The fourth-order valence-corrected chi connectivity index (χ4v) is 4.41. The van der Waals surface area contributed by atoms with Gasteiger partial charge in [0.05, 0.1) is 35.6 Å². The number of fused-ring (bicyclic) bond motifs is 5. The van der Waals surface area contributed by atoms with E-state index >= 15 is 0 Å². The van der Waals surface area contributed by atoms with Crippen LogP contribution in [0.25, 0.3) is 22.3 Å². The number of phenolic OH excluding ortho intramolecular Hbond substituents is 1. The number of aromatic nitrogens is 2. The Morgan fingerprint density at radius 2 is 2.12 bits per heavy atom. The van der Waals surface area contributed by atoms with Crippen LogP contribution in [0.2, 0.25) is 0 Å². The third-order valence-electron chi connectivity index (χ3n) is 5.92. The Labute approximate surface area is 188 Å². The standard InChI is InChI=1S/C23H22N4O6/c1-26(2)9-14-12-5-11-8-27-17(20(11)25-16(12)3-4-18(14)28)6-13-15(22(27)30)10-32-23(31)21(13)33-19(29)7-24/h3-6,21,28H,7-10,24H2,1-2H3. The van der Waals surface area contributed by atoms with Crippen LogP contribution in [-0.4, -0.2) is 52.1 Å². The molecule has 3 aromatic rings. The predicted octanol–water partition coefficient (Wildman–Crippen LogP) is 0.792. The molecule has 0 saturated carbocycles. The number of phenols is 1. The molecule has 170 valence electrons. The Morgan fingerprint density at radius 1 is 1.33 bits per heavy atom. The van der Waals surface area contributed by atoms with Crippen molar-refractivity contribution in [1.29, 1.82) is 0 Å². The van der Waals surface area contributed by atoms with Crippen molar-refractivity contribution in [1.82, 2.24) is 14.5 Å². The highest BCUT2D eigenvalue weighted by atomic mass is 16.6. The minimum absolute atomic E-state index is 0.182. The second-order valence-corrected chi connectivity index (χ2v) is 8.40. The van der Waals surface area contributed by atoms with E-state index in [1.807, 2.05) is 25.1 Å². The van der Waals surface area contributed by atoms with E-state index in [0.29, 0.717) is 23.4 Å². The highest BCUT2D eigenvalue weighted by Gasteiger charge is 2.37. The molecule has 1 unspecified atom stereocenters. The predicted molar refractivity (Wildman–Crippen MR) is 117 cm³/mol. The van der Waals surface area contributed by atoms with Crippen LogP contribution in [0.1, 0.15) is 28.4 Å². The van der Waals surface area contributed by atoms with Gasteiger partial charge in [0.2, 0.25) is 6.10 Å². The first-order chi connectivity index (χ1) is 15.8. The van der Waals surface area contributed by atoms with Crippen molar-refractivity contribution in [2.75, 3.05) is 20.6 Å². The summed E-state index contributed by atoms with van der Waals surface area (Å²) < 4.78 is 11.8. The molecule has 4 heterocycles. The average molecular weight is 450 g/mol. The minimum Gasteiger partial charge on any atom is -0.508 e. The maximum atomic E-state index is 13.3. The summed E-state index contributed by atoms with van der Waals surface area (Å²) in [4.78, 5) is 44.1. The molecule has 0 fully saturated rings. The zero-order valence-corrected chi connectivity index (χ0v) is 18.1.